The first kappa shape index (κ1) is 25.2. The molecule has 4 rings (SSSR count). The second kappa shape index (κ2) is 10.4. The van der Waals surface area contributed by atoms with Crippen molar-refractivity contribution in [1.82, 2.24) is 25.0 Å². The fourth-order valence-corrected chi connectivity index (χ4v) is 3.91. The van der Waals surface area contributed by atoms with E-state index in [0.717, 1.165) is 25.9 Å². The first-order valence-electron chi connectivity index (χ1n) is 11.2. The number of piperidine rings is 1. The summed E-state index contributed by atoms with van der Waals surface area (Å²) < 4.78 is 43.3. The number of nitrogens with zero attached hydrogens (tertiary/aromatic N) is 4. The predicted molar refractivity (Wildman–Crippen MR) is 123 cm³/mol. The van der Waals surface area contributed by atoms with Gasteiger partial charge in [0.05, 0.1) is 17.5 Å². The number of carboxylic acids is 1. The van der Waals surface area contributed by atoms with Crippen LogP contribution in [0.15, 0.2) is 48.8 Å². The SMILES string of the molecule is CN1CCC[C@H](NC(=O)c2cc(-c3ccc(OCC(F)(F)F)cc3)nc(-n3cc(C(=O)O)cn3)c2)C1. The van der Waals surface area contributed by atoms with Crippen LogP contribution in [0.5, 0.6) is 5.75 Å². The van der Waals surface area contributed by atoms with Crippen LogP contribution in [0.25, 0.3) is 17.1 Å². The number of ether oxygens (including phenoxy) is 1. The van der Waals surface area contributed by atoms with Crippen LogP contribution >= 0.6 is 0 Å². The number of aromatic nitrogens is 3. The minimum absolute atomic E-state index is 0.0234. The van der Waals surface area contributed by atoms with Gasteiger partial charge in [0.25, 0.3) is 5.91 Å². The molecule has 0 aliphatic carbocycles. The zero-order chi connectivity index (χ0) is 25.9. The Kier molecular flexibility index (Phi) is 7.25. The molecule has 0 radical (unpaired) electrons. The van der Waals surface area contributed by atoms with Gasteiger partial charge in [-0.25, -0.2) is 14.5 Å². The van der Waals surface area contributed by atoms with Crippen molar-refractivity contribution >= 4 is 11.9 Å². The van der Waals surface area contributed by atoms with Gasteiger partial charge < -0.3 is 20.1 Å². The number of carbonyl (C=O) groups excluding carboxylic acids is 1. The maximum Gasteiger partial charge on any atom is 0.422 e. The summed E-state index contributed by atoms with van der Waals surface area (Å²) >= 11 is 0. The Labute approximate surface area is 204 Å². The molecular formula is C24H24F3N5O4. The monoisotopic (exact) mass is 503 g/mol. The quantitative estimate of drug-likeness (QED) is 0.509. The van der Waals surface area contributed by atoms with Gasteiger partial charge in [-0.3, -0.25) is 4.79 Å². The van der Waals surface area contributed by atoms with Crippen molar-refractivity contribution in [3.63, 3.8) is 0 Å². The van der Waals surface area contributed by atoms with E-state index in [-0.39, 0.29) is 34.6 Å². The average molecular weight is 503 g/mol. The van der Waals surface area contributed by atoms with Crippen LogP contribution in [-0.4, -0.2) is 75.6 Å². The summed E-state index contributed by atoms with van der Waals surface area (Å²) in [4.78, 5) is 31.0. The highest BCUT2D eigenvalue weighted by molar-refractivity contribution is 5.96. The summed E-state index contributed by atoms with van der Waals surface area (Å²) in [5.74, 6) is -1.24. The smallest absolute Gasteiger partial charge is 0.422 e. The standard InChI is InChI=1S/C24H24F3N5O4/c1-31-8-2-3-18(13-31)29-22(33)16-9-20(15-4-6-19(7-5-15)36-14-24(25,26)27)30-21(10-16)32-12-17(11-28-32)23(34)35/h4-7,9-12,18H,2-3,8,13-14H2,1H3,(H,29,33)(H,34,35)/t18-/m0/s1. The fourth-order valence-electron chi connectivity index (χ4n) is 3.91. The van der Waals surface area contributed by atoms with Crippen LogP contribution in [0.3, 0.4) is 0 Å². The highest BCUT2D eigenvalue weighted by Gasteiger charge is 2.28. The van der Waals surface area contributed by atoms with Crippen molar-refractivity contribution in [1.29, 1.82) is 0 Å². The Morgan fingerprint density at radius 1 is 1.19 bits per heavy atom. The molecule has 190 valence electrons. The number of nitrogens with one attached hydrogen (secondary N) is 1. The number of likely N-dealkylation sites (tertiary alicyclic amines) is 1. The summed E-state index contributed by atoms with van der Waals surface area (Å²) in [5.41, 5.74) is 1.11. The van der Waals surface area contributed by atoms with E-state index < -0.39 is 18.8 Å². The Balaban J connectivity index is 1.65. The van der Waals surface area contributed by atoms with Gasteiger partial charge in [-0.05, 0) is 62.8 Å². The Morgan fingerprint density at radius 3 is 2.58 bits per heavy atom. The lowest BCUT2D eigenvalue weighted by Gasteiger charge is -2.30. The molecule has 1 atom stereocenters. The number of pyridine rings is 1. The number of amides is 1. The van der Waals surface area contributed by atoms with E-state index in [1.807, 2.05) is 7.05 Å². The Morgan fingerprint density at radius 2 is 1.94 bits per heavy atom. The molecule has 1 aliphatic rings. The predicted octanol–water partition coefficient (Wildman–Crippen LogP) is 3.40. The molecule has 36 heavy (non-hydrogen) atoms. The van der Waals surface area contributed by atoms with Crippen molar-refractivity contribution in [2.45, 2.75) is 25.1 Å². The number of carbonyl (C=O) groups is 2. The van der Waals surface area contributed by atoms with Crippen LogP contribution in [-0.2, 0) is 0 Å². The molecule has 0 saturated carbocycles. The second-order valence-electron chi connectivity index (χ2n) is 8.58. The zero-order valence-corrected chi connectivity index (χ0v) is 19.3. The lowest BCUT2D eigenvalue weighted by Crippen LogP contribution is -2.46. The van der Waals surface area contributed by atoms with Crippen molar-refractivity contribution in [2.24, 2.45) is 0 Å². The van der Waals surface area contributed by atoms with Crippen molar-refractivity contribution in [3.05, 3.63) is 59.9 Å². The summed E-state index contributed by atoms with van der Waals surface area (Å²) in [6.45, 7) is 0.271. The van der Waals surface area contributed by atoms with E-state index >= 15 is 0 Å². The first-order valence-corrected chi connectivity index (χ1v) is 11.2. The molecule has 0 spiro atoms. The van der Waals surface area contributed by atoms with Crippen LogP contribution in [0.2, 0.25) is 0 Å². The van der Waals surface area contributed by atoms with Crippen LogP contribution in [0.1, 0.15) is 33.6 Å². The van der Waals surface area contributed by atoms with Gasteiger partial charge in [0.1, 0.15) is 5.75 Å². The molecule has 1 amide bonds. The third-order valence-corrected chi connectivity index (χ3v) is 5.65. The molecule has 1 aromatic carbocycles. The molecule has 3 heterocycles. The highest BCUT2D eigenvalue weighted by Crippen LogP contribution is 2.25. The number of likely N-dealkylation sites (N-methyl/N-ethyl adjacent to an activating group) is 1. The van der Waals surface area contributed by atoms with Crippen LogP contribution in [0, 0.1) is 0 Å². The number of hydrogen-bond donors (Lipinski definition) is 2. The number of halogens is 3. The molecule has 1 aliphatic heterocycles. The topological polar surface area (TPSA) is 110 Å². The number of aromatic carboxylic acids is 1. The number of alkyl halides is 3. The lowest BCUT2D eigenvalue weighted by molar-refractivity contribution is -0.153. The maximum atomic E-state index is 13.1. The number of rotatable bonds is 7. The van der Waals surface area contributed by atoms with Gasteiger partial charge in [0, 0.05) is 29.9 Å². The Hall–Kier alpha value is -3.93. The minimum atomic E-state index is -4.46. The molecule has 1 fully saturated rings. The van der Waals surface area contributed by atoms with Gasteiger partial charge in [0.2, 0.25) is 0 Å². The van der Waals surface area contributed by atoms with E-state index in [1.54, 1.807) is 6.07 Å². The van der Waals surface area contributed by atoms with Gasteiger partial charge in [-0.15, -0.1) is 0 Å². The molecule has 2 aromatic heterocycles. The second-order valence-corrected chi connectivity index (χ2v) is 8.58. The zero-order valence-electron chi connectivity index (χ0n) is 19.3. The van der Waals surface area contributed by atoms with Gasteiger partial charge in [-0.2, -0.15) is 18.3 Å². The summed E-state index contributed by atoms with van der Waals surface area (Å²) in [7, 11) is 1.99. The molecular weight excluding hydrogens is 479 g/mol. The molecule has 3 aromatic rings. The summed E-state index contributed by atoms with van der Waals surface area (Å²) in [6.07, 6.45) is -0.201. The van der Waals surface area contributed by atoms with E-state index in [0.29, 0.717) is 11.3 Å². The summed E-state index contributed by atoms with van der Waals surface area (Å²) in [5, 5.41) is 16.3. The number of hydrogen-bond acceptors (Lipinski definition) is 6. The van der Waals surface area contributed by atoms with E-state index in [4.69, 9.17) is 4.74 Å². The number of carboxylic acid groups (broad SMARTS) is 1. The Bertz CT molecular complexity index is 1240. The highest BCUT2D eigenvalue weighted by atomic mass is 19.4. The molecule has 9 nitrogen and oxygen atoms in total. The van der Waals surface area contributed by atoms with E-state index in [1.165, 1.54) is 47.4 Å². The van der Waals surface area contributed by atoms with E-state index in [9.17, 15) is 27.9 Å². The minimum Gasteiger partial charge on any atom is -0.484 e. The average Bonchev–Trinajstić information content (AvgIpc) is 3.33. The third-order valence-electron chi connectivity index (χ3n) is 5.65. The van der Waals surface area contributed by atoms with Crippen molar-refractivity contribution in [2.75, 3.05) is 26.7 Å². The fraction of sp³-hybridized carbons (Fsp3) is 0.333. The van der Waals surface area contributed by atoms with Gasteiger partial charge in [0.15, 0.2) is 12.4 Å². The maximum absolute atomic E-state index is 13.1. The third kappa shape index (κ3) is 6.39. The van der Waals surface area contributed by atoms with E-state index in [2.05, 4.69) is 20.3 Å². The largest absolute Gasteiger partial charge is 0.484 e. The molecule has 1 saturated heterocycles. The normalized spacial score (nSPS) is 16.5. The van der Waals surface area contributed by atoms with Gasteiger partial charge >= 0.3 is 12.1 Å². The molecule has 12 heteroatoms. The van der Waals surface area contributed by atoms with Crippen LogP contribution < -0.4 is 10.1 Å². The lowest BCUT2D eigenvalue weighted by atomic mass is 10.0. The van der Waals surface area contributed by atoms with Crippen molar-refractivity contribution in [3.8, 4) is 22.8 Å². The molecule has 0 unspecified atom stereocenters. The number of benzene rings is 1. The van der Waals surface area contributed by atoms with Gasteiger partial charge in [-0.1, -0.05) is 0 Å². The van der Waals surface area contributed by atoms with Crippen LogP contribution in [0.4, 0.5) is 13.2 Å². The summed E-state index contributed by atoms with van der Waals surface area (Å²) in [6, 6.07) is 8.86. The van der Waals surface area contributed by atoms with Crippen molar-refractivity contribution < 1.29 is 32.6 Å². The molecule has 2 N–H and O–H groups in total. The first-order chi connectivity index (χ1) is 17.1. The molecule has 0 bridgehead atoms.